The molecule has 0 aliphatic carbocycles. The molecule has 25 heavy (non-hydrogen) atoms. The summed E-state index contributed by atoms with van der Waals surface area (Å²) in [5.41, 5.74) is 1.11. The largest absolute Gasteiger partial charge is 0.493 e. The monoisotopic (exact) mass is 341 g/mol. The fraction of sp³-hybridized carbons (Fsp3) is 0.381. The molecule has 0 unspecified atom stereocenters. The van der Waals surface area contributed by atoms with Gasteiger partial charge >= 0.3 is 0 Å². The highest BCUT2D eigenvalue weighted by molar-refractivity contribution is 5.81. The van der Waals surface area contributed by atoms with E-state index in [4.69, 9.17) is 9.47 Å². The Kier molecular flexibility index (Phi) is 6.87. The minimum atomic E-state index is -0.616. The second kappa shape index (κ2) is 9.11. The summed E-state index contributed by atoms with van der Waals surface area (Å²) in [5, 5.41) is 3.12. The number of ether oxygens (including phenoxy) is 2. The van der Waals surface area contributed by atoms with Crippen molar-refractivity contribution in [2.45, 2.75) is 39.3 Å². The summed E-state index contributed by atoms with van der Waals surface area (Å²) >= 11 is 0. The summed E-state index contributed by atoms with van der Waals surface area (Å²) in [4.78, 5) is 12.6. The maximum atomic E-state index is 12.6. The third kappa shape index (κ3) is 5.52. The van der Waals surface area contributed by atoms with Gasteiger partial charge in [0, 0.05) is 0 Å². The summed E-state index contributed by atoms with van der Waals surface area (Å²) in [7, 11) is 1.58. The Labute approximate surface area is 150 Å². The highest BCUT2D eigenvalue weighted by Crippen LogP contribution is 2.27. The topological polar surface area (TPSA) is 47.6 Å². The molecule has 2 aromatic carbocycles. The van der Waals surface area contributed by atoms with Crippen molar-refractivity contribution in [1.82, 2.24) is 5.32 Å². The second-order valence-corrected chi connectivity index (χ2v) is 6.51. The lowest BCUT2D eigenvalue weighted by Crippen LogP contribution is -2.39. The van der Waals surface area contributed by atoms with Gasteiger partial charge in [-0.25, -0.2) is 0 Å². The average molecular weight is 341 g/mol. The van der Waals surface area contributed by atoms with Crippen LogP contribution in [0.25, 0.3) is 0 Å². The molecule has 2 aromatic rings. The number of para-hydroxylation sites is 2. The smallest absolute Gasteiger partial charge is 0.261 e. The van der Waals surface area contributed by atoms with Crippen LogP contribution in [0.5, 0.6) is 11.5 Å². The number of benzene rings is 2. The molecular weight excluding hydrogens is 314 g/mol. The molecule has 2 rings (SSSR count). The Morgan fingerprint density at radius 1 is 0.960 bits per heavy atom. The van der Waals surface area contributed by atoms with Gasteiger partial charge in [-0.3, -0.25) is 4.79 Å². The van der Waals surface area contributed by atoms with Gasteiger partial charge < -0.3 is 14.8 Å². The van der Waals surface area contributed by atoms with Crippen molar-refractivity contribution >= 4 is 5.91 Å². The quantitative estimate of drug-likeness (QED) is 0.776. The fourth-order valence-corrected chi connectivity index (χ4v) is 2.68. The molecule has 4 heteroatoms. The summed E-state index contributed by atoms with van der Waals surface area (Å²) in [6.07, 6.45) is 0.256. The maximum absolute atomic E-state index is 12.6. The van der Waals surface area contributed by atoms with Gasteiger partial charge in [-0.05, 0) is 37.0 Å². The van der Waals surface area contributed by atoms with Gasteiger partial charge in [0.05, 0.1) is 13.2 Å². The van der Waals surface area contributed by atoms with Crippen molar-refractivity contribution in [3.8, 4) is 11.5 Å². The summed E-state index contributed by atoms with van der Waals surface area (Å²) in [6.45, 7) is 6.05. The van der Waals surface area contributed by atoms with E-state index in [1.54, 1.807) is 20.1 Å². The number of hydrogen-bond donors (Lipinski definition) is 1. The lowest BCUT2D eigenvalue weighted by atomic mass is 9.97. The first kappa shape index (κ1) is 18.8. The predicted octanol–water partition coefficient (Wildman–Crippen LogP) is 4.37. The van der Waals surface area contributed by atoms with E-state index in [2.05, 4.69) is 19.2 Å². The molecule has 4 nitrogen and oxygen atoms in total. The van der Waals surface area contributed by atoms with Crippen LogP contribution in [-0.2, 0) is 4.79 Å². The van der Waals surface area contributed by atoms with Gasteiger partial charge in [0.15, 0.2) is 17.6 Å². The molecule has 0 aromatic heterocycles. The van der Waals surface area contributed by atoms with E-state index >= 15 is 0 Å². The van der Waals surface area contributed by atoms with Crippen LogP contribution in [0, 0.1) is 5.92 Å². The molecule has 2 atom stereocenters. The van der Waals surface area contributed by atoms with Gasteiger partial charge in [-0.2, -0.15) is 0 Å². The van der Waals surface area contributed by atoms with Crippen LogP contribution in [0.3, 0.4) is 0 Å². The Hall–Kier alpha value is -2.49. The summed E-state index contributed by atoms with van der Waals surface area (Å²) in [5.74, 6) is 1.51. The number of nitrogens with one attached hydrogen (secondary N) is 1. The first-order valence-electron chi connectivity index (χ1n) is 8.66. The van der Waals surface area contributed by atoms with Gasteiger partial charge in [-0.1, -0.05) is 56.3 Å². The van der Waals surface area contributed by atoms with Crippen LogP contribution in [0.1, 0.15) is 38.8 Å². The Bertz CT molecular complexity index is 670. The van der Waals surface area contributed by atoms with Crippen LogP contribution >= 0.6 is 0 Å². The fourth-order valence-electron chi connectivity index (χ4n) is 2.68. The molecule has 0 spiro atoms. The maximum Gasteiger partial charge on any atom is 0.261 e. The van der Waals surface area contributed by atoms with Crippen LogP contribution in [-0.4, -0.2) is 19.1 Å². The molecule has 1 N–H and O–H groups in total. The van der Waals surface area contributed by atoms with Gasteiger partial charge in [0.1, 0.15) is 0 Å². The molecule has 0 radical (unpaired) electrons. The second-order valence-electron chi connectivity index (χ2n) is 6.51. The Balaban J connectivity index is 2.06. The number of amides is 1. The van der Waals surface area contributed by atoms with E-state index in [0.717, 1.165) is 12.0 Å². The van der Waals surface area contributed by atoms with Crippen LogP contribution in [0.2, 0.25) is 0 Å². The molecule has 0 bridgehead atoms. The first-order valence-corrected chi connectivity index (χ1v) is 8.66. The minimum Gasteiger partial charge on any atom is -0.493 e. The SMILES string of the molecule is COc1ccccc1O[C@H](C)C(=O)N[C@H](CC(C)C)c1ccccc1. The Morgan fingerprint density at radius 3 is 2.16 bits per heavy atom. The molecule has 134 valence electrons. The Morgan fingerprint density at radius 2 is 1.56 bits per heavy atom. The van der Waals surface area contributed by atoms with E-state index in [0.29, 0.717) is 17.4 Å². The lowest BCUT2D eigenvalue weighted by molar-refractivity contribution is -0.128. The number of carbonyl (C=O) groups excluding carboxylic acids is 1. The molecular formula is C21H27NO3. The van der Waals surface area contributed by atoms with E-state index < -0.39 is 6.10 Å². The van der Waals surface area contributed by atoms with Crippen LogP contribution in [0.4, 0.5) is 0 Å². The van der Waals surface area contributed by atoms with Crippen molar-refractivity contribution in [1.29, 1.82) is 0 Å². The minimum absolute atomic E-state index is 0.0302. The predicted molar refractivity (Wildman–Crippen MR) is 99.9 cm³/mol. The highest BCUT2D eigenvalue weighted by atomic mass is 16.5. The summed E-state index contributed by atoms with van der Waals surface area (Å²) in [6, 6.07) is 17.3. The summed E-state index contributed by atoms with van der Waals surface area (Å²) < 4.78 is 11.1. The molecule has 0 saturated carbocycles. The van der Waals surface area contributed by atoms with E-state index in [1.165, 1.54) is 0 Å². The standard InChI is InChI=1S/C21H27NO3/c1-15(2)14-18(17-10-6-5-7-11-17)22-21(23)16(3)25-20-13-9-8-12-19(20)24-4/h5-13,15-16,18H,14H2,1-4H3,(H,22,23)/t16-,18-/m1/s1. The van der Waals surface area contributed by atoms with Crippen LogP contribution in [0.15, 0.2) is 54.6 Å². The number of carbonyl (C=O) groups is 1. The van der Waals surface area contributed by atoms with E-state index in [9.17, 15) is 4.79 Å². The van der Waals surface area contributed by atoms with Gasteiger partial charge in [0.2, 0.25) is 0 Å². The van der Waals surface area contributed by atoms with Gasteiger partial charge in [-0.15, -0.1) is 0 Å². The zero-order valence-electron chi connectivity index (χ0n) is 15.4. The third-order valence-corrected chi connectivity index (χ3v) is 3.97. The average Bonchev–Trinajstić information content (AvgIpc) is 2.62. The van der Waals surface area contributed by atoms with Crippen molar-refractivity contribution in [2.24, 2.45) is 5.92 Å². The first-order chi connectivity index (χ1) is 12.0. The number of hydrogen-bond acceptors (Lipinski definition) is 3. The highest BCUT2D eigenvalue weighted by Gasteiger charge is 2.22. The van der Waals surface area contributed by atoms with Crippen molar-refractivity contribution in [2.75, 3.05) is 7.11 Å². The van der Waals surface area contributed by atoms with Crippen molar-refractivity contribution in [3.63, 3.8) is 0 Å². The zero-order valence-corrected chi connectivity index (χ0v) is 15.4. The molecule has 0 heterocycles. The molecule has 1 amide bonds. The van der Waals surface area contributed by atoms with Gasteiger partial charge in [0.25, 0.3) is 5.91 Å². The van der Waals surface area contributed by atoms with Crippen LogP contribution < -0.4 is 14.8 Å². The molecule has 0 aliphatic heterocycles. The number of methoxy groups -OCH3 is 1. The van der Waals surface area contributed by atoms with E-state index in [1.807, 2.05) is 48.5 Å². The van der Waals surface area contributed by atoms with Crippen molar-refractivity contribution < 1.29 is 14.3 Å². The normalized spacial score (nSPS) is 13.2. The lowest BCUT2D eigenvalue weighted by Gasteiger charge is -2.24. The van der Waals surface area contributed by atoms with E-state index in [-0.39, 0.29) is 11.9 Å². The van der Waals surface area contributed by atoms with Crippen molar-refractivity contribution in [3.05, 3.63) is 60.2 Å². The molecule has 0 aliphatic rings. The number of rotatable bonds is 8. The third-order valence-electron chi connectivity index (χ3n) is 3.97. The zero-order chi connectivity index (χ0) is 18.2. The molecule has 0 fully saturated rings. The molecule has 0 saturated heterocycles.